The molecule has 18 heavy (non-hydrogen) atoms. The molecule has 0 saturated heterocycles. The predicted octanol–water partition coefficient (Wildman–Crippen LogP) is 4.12. The number of hydrogen-bond donors (Lipinski definition) is 1. The predicted molar refractivity (Wildman–Crippen MR) is 72.5 cm³/mol. The molecular formula is C15H15NO2. The largest absolute Gasteiger partial charge is 0.464 e. The SMILES string of the molecule is Cc1cccc(C)c1N(C(=O)O)c1ccccc1. The van der Waals surface area contributed by atoms with Crippen molar-refractivity contribution in [2.45, 2.75) is 13.8 Å². The quantitative estimate of drug-likeness (QED) is 0.859. The molecule has 92 valence electrons. The number of para-hydroxylation sites is 2. The van der Waals surface area contributed by atoms with E-state index in [0.717, 1.165) is 16.8 Å². The molecule has 0 spiro atoms. The summed E-state index contributed by atoms with van der Waals surface area (Å²) in [6, 6.07) is 14.9. The van der Waals surface area contributed by atoms with Gasteiger partial charge in [-0.15, -0.1) is 0 Å². The minimum atomic E-state index is -0.974. The fourth-order valence-electron chi connectivity index (χ4n) is 2.07. The van der Waals surface area contributed by atoms with E-state index in [1.807, 2.05) is 50.2 Å². The molecule has 2 aromatic carbocycles. The summed E-state index contributed by atoms with van der Waals surface area (Å²) >= 11 is 0. The Bertz CT molecular complexity index is 544. The molecule has 0 radical (unpaired) electrons. The second-order valence-corrected chi connectivity index (χ2v) is 4.19. The Hall–Kier alpha value is -2.29. The van der Waals surface area contributed by atoms with Gasteiger partial charge in [0.25, 0.3) is 0 Å². The van der Waals surface area contributed by atoms with Crippen LogP contribution in [0.4, 0.5) is 16.2 Å². The first-order valence-corrected chi connectivity index (χ1v) is 5.75. The Kier molecular flexibility index (Phi) is 3.33. The summed E-state index contributed by atoms with van der Waals surface area (Å²) in [7, 11) is 0. The van der Waals surface area contributed by atoms with Crippen molar-refractivity contribution in [3.05, 3.63) is 59.7 Å². The second-order valence-electron chi connectivity index (χ2n) is 4.19. The number of aryl methyl sites for hydroxylation is 2. The van der Waals surface area contributed by atoms with Crippen molar-refractivity contribution < 1.29 is 9.90 Å². The zero-order chi connectivity index (χ0) is 13.1. The Morgan fingerprint density at radius 3 is 2.00 bits per heavy atom. The molecule has 1 amide bonds. The molecule has 0 aliphatic rings. The lowest BCUT2D eigenvalue weighted by molar-refractivity contribution is 0.204. The van der Waals surface area contributed by atoms with Crippen molar-refractivity contribution in [2.75, 3.05) is 4.90 Å². The van der Waals surface area contributed by atoms with E-state index < -0.39 is 6.09 Å². The molecule has 0 aromatic heterocycles. The average molecular weight is 241 g/mol. The summed E-state index contributed by atoms with van der Waals surface area (Å²) in [5.41, 5.74) is 3.28. The van der Waals surface area contributed by atoms with Crippen molar-refractivity contribution in [1.29, 1.82) is 0 Å². The number of rotatable bonds is 2. The monoisotopic (exact) mass is 241 g/mol. The van der Waals surface area contributed by atoms with E-state index in [0.29, 0.717) is 5.69 Å². The Labute approximate surface area is 106 Å². The summed E-state index contributed by atoms with van der Waals surface area (Å²) in [5.74, 6) is 0. The van der Waals surface area contributed by atoms with E-state index >= 15 is 0 Å². The third kappa shape index (κ3) is 2.20. The molecule has 0 aliphatic heterocycles. The Balaban J connectivity index is 2.60. The molecule has 0 aliphatic carbocycles. The molecule has 0 heterocycles. The maximum absolute atomic E-state index is 11.5. The molecule has 0 saturated carbocycles. The third-order valence-electron chi connectivity index (χ3n) is 2.87. The van der Waals surface area contributed by atoms with Crippen LogP contribution in [0.1, 0.15) is 11.1 Å². The van der Waals surface area contributed by atoms with Gasteiger partial charge in [0.2, 0.25) is 0 Å². The molecule has 0 bridgehead atoms. The minimum Gasteiger partial charge on any atom is -0.464 e. The van der Waals surface area contributed by atoms with Crippen molar-refractivity contribution in [3.63, 3.8) is 0 Å². The number of carboxylic acid groups (broad SMARTS) is 1. The molecule has 0 atom stereocenters. The van der Waals surface area contributed by atoms with Crippen LogP contribution in [-0.2, 0) is 0 Å². The topological polar surface area (TPSA) is 40.5 Å². The first-order valence-electron chi connectivity index (χ1n) is 5.75. The van der Waals surface area contributed by atoms with Crippen LogP contribution >= 0.6 is 0 Å². The normalized spacial score (nSPS) is 10.1. The number of hydrogen-bond acceptors (Lipinski definition) is 1. The fourth-order valence-corrected chi connectivity index (χ4v) is 2.07. The van der Waals surface area contributed by atoms with Crippen molar-refractivity contribution >= 4 is 17.5 Å². The number of carbonyl (C=O) groups is 1. The Morgan fingerprint density at radius 2 is 1.50 bits per heavy atom. The molecule has 3 heteroatoms. The first-order chi connectivity index (χ1) is 8.61. The van der Waals surface area contributed by atoms with Crippen LogP contribution in [0.25, 0.3) is 0 Å². The van der Waals surface area contributed by atoms with Crippen LogP contribution in [0.3, 0.4) is 0 Å². The highest BCUT2D eigenvalue weighted by molar-refractivity contribution is 5.96. The average Bonchev–Trinajstić information content (AvgIpc) is 2.34. The van der Waals surface area contributed by atoms with Crippen molar-refractivity contribution in [2.24, 2.45) is 0 Å². The van der Waals surface area contributed by atoms with Gasteiger partial charge in [-0.2, -0.15) is 0 Å². The van der Waals surface area contributed by atoms with Gasteiger partial charge in [-0.05, 0) is 37.1 Å². The van der Waals surface area contributed by atoms with Crippen molar-refractivity contribution in [1.82, 2.24) is 0 Å². The molecule has 3 nitrogen and oxygen atoms in total. The van der Waals surface area contributed by atoms with E-state index in [-0.39, 0.29) is 0 Å². The van der Waals surface area contributed by atoms with Gasteiger partial charge >= 0.3 is 6.09 Å². The lowest BCUT2D eigenvalue weighted by Gasteiger charge is -2.23. The standard InChI is InChI=1S/C15H15NO2/c1-11-7-6-8-12(2)14(11)16(15(17)18)13-9-4-3-5-10-13/h3-10H,1-2H3,(H,17,18). The molecule has 2 rings (SSSR count). The highest BCUT2D eigenvalue weighted by atomic mass is 16.4. The number of nitrogens with zero attached hydrogens (tertiary/aromatic N) is 1. The van der Waals surface area contributed by atoms with Crippen LogP contribution < -0.4 is 4.90 Å². The van der Waals surface area contributed by atoms with E-state index in [4.69, 9.17) is 0 Å². The van der Waals surface area contributed by atoms with Crippen LogP contribution in [0.15, 0.2) is 48.5 Å². The van der Waals surface area contributed by atoms with E-state index in [1.54, 1.807) is 12.1 Å². The summed E-state index contributed by atoms with van der Waals surface area (Å²) in [6.45, 7) is 3.84. The number of anilines is 2. The first kappa shape index (κ1) is 12.2. The van der Waals surface area contributed by atoms with Gasteiger partial charge in [-0.25, -0.2) is 9.69 Å². The highest BCUT2D eigenvalue weighted by Crippen LogP contribution is 2.31. The van der Waals surface area contributed by atoms with Gasteiger partial charge in [-0.1, -0.05) is 36.4 Å². The lowest BCUT2D eigenvalue weighted by atomic mass is 10.1. The number of amides is 1. The zero-order valence-electron chi connectivity index (χ0n) is 10.4. The van der Waals surface area contributed by atoms with Crippen LogP contribution in [0, 0.1) is 13.8 Å². The number of benzene rings is 2. The Morgan fingerprint density at radius 1 is 0.944 bits per heavy atom. The van der Waals surface area contributed by atoms with Gasteiger partial charge in [0.15, 0.2) is 0 Å². The summed E-state index contributed by atoms with van der Waals surface area (Å²) in [6.07, 6.45) is -0.974. The fraction of sp³-hybridized carbons (Fsp3) is 0.133. The summed E-state index contributed by atoms with van der Waals surface area (Å²) in [4.78, 5) is 12.9. The second kappa shape index (κ2) is 4.92. The van der Waals surface area contributed by atoms with Crippen LogP contribution in [-0.4, -0.2) is 11.2 Å². The van der Waals surface area contributed by atoms with E-state index in [9.17, 15) is 9.90 Å². The van der Waals surface area contributed by atoms with Crippen LogP contribution in [0.2, 0.25) is 0 Å². The van der Waals surface area contributed by atoms with Gasteiger partial charge in [0.05, 0.1) is 11.4 Å². The summed E-state index contributed by atoms with van der Waals surface area (Å²) < 4.78 is 0. The molecular weight excluding hydrogens is 226 g/mol. The molecule has 2 aromatic rings. The molecule has 0 fully saturated rings. The smallest absolute Gasteiger partial charge is 0.416 e. The van der Waals surface area contributed by atoms with Gasteiger partial charge in [0.1, 0.15) is 0 Å². The van der Waals surface area contributed by atoms with E-state index in [1.165, 1.54) is 4.90 Å². The molecule has 1 N–H and O–H groups in total. The molecule has 0 unspecified atom stereocenters. The van der Waals surface area contributed by atoms with Crippen LogP contribution in [0.5, 0.6) is 0 Å². The van der Waals surface area contributed by atoms with Gasteiger partial charge in [0, 0.05) is 0 Å². The minimum absolute atomic E-state index is 0.655. The zero-order valence-corrected chi connectivity index (χ0v) is 10.4. The van der Waals surface area contributed by atoms with Gasteiger partial charge < -0.3 is 5.11 Å². The maximum atomic E-state index is 11.5. The van der Waals surface area contributed by atoms with E-state index in [2.05, 4.69) is 0 Å². The van der Waals surface area contributed by atoms with Crippen molar-refractivity contribution in [3.8, 4) is 0 Å². The van der Waals surface area contributed by atoms with Gasteiger partial charge in [-0.3, -0.25) is 0 Å². The lowest BCUT2D eigenvalue weighted by Crippen LogP contribution is -2.25. The highest BCUT2D eigenvalue weighted by Gasteiger charge is 2.19. The summed E-state index contributed by atoms with van der Waals surface area (Å²) in [5, 5.41) is 9.45. The third-order valence-corrected chi connectivity index (χ3v) is 2.87. The maximum Gasteiger partial charge on any atom is 0.416 e.